The van der Waals surface area contributed by atoms with Gasteiger partial charge >= 0.3 is 0 Å². The highest BCUT2D eigenvalue weighted by atomic mass is 35.5. The zero-order valence-electron chi connectivity index (χ0n) is 12.9. The minimum absolute atomic E-state index is 0.393. The Bertz CT molecular complexity index is 405. The molecule has 20 heavy (non-hydrogen) atoms. The summed E-state index contributed by atoms with van der Waals surface area (Å²) in [7, 11) is 0. The van der Waals surface area contributed by atoms with Crippen LogP contribution in [0.1, 0.15) is 51.0 Å². The fourth-order valence-electron chi connectivity index (χ4n) is 3.19. The van der Waals surface area contributed by atoms with E-state index in [1.165, 1.54) is 43.8 Å². The lowest BCUT2D eigenvalue weighted by Crippen LogP contribution is -2.45. The Hall–Kier alpha value is -0.0900. The van der Waals surface area contributed by atoms with Crippen molar-refractivity contribution in [2.75, 3.05) is 19.6 Å². The van der Waals surface area contributed by atoms with E-state index in [0.29, 0.717) is 12.1 Å². The van der Waals surface area contributed by atoms with Gasteiger partial charge in [0.2, 0.25) is 0 Å². The fraction of sp³-hybridized carbons (Fsp3) is 0.750. The Morgan fingerprint density at radius 2 is 2.25 bits per heavy atom. The number of hydrogen-bond donors (Lipinski definition) is 1. The molecular formula is C16H27ClN2S. The number of thiophene rings is 1. The molecule has 1 aromatic rings. The van der Waals surface area contributed by atoms with Gasteiger partial charge in [0.05, 0.1) is 4.34 Å². The first-order chi connectivity index (χ1) is 9.60. The molecule has 1 N–H and O–H groups in total. The van der Waals surface area contributed by atoms with Crippen LogP contribution >= 0.6 is 22.9 Å². The standard InChI is InChI=1S/C16H27ClN2S/c1-4-9-19-10-5-6-14(11-19)12(2)18-13(3)15-7-8-16(17)20-15/h7-8,12-14,18H,4-6,9-11H2,1-3H3. The number of piperidine rings is 1. The van der Waals surface area contributed by atoms with Crippen molar-refractivity contribution in [3.8, 4) is 0 Å². The van der Waals surface area contributed by atoms with E-state index in [2.05, 4.69) is 37.1 Å². The molecule has 0 aromatic carbocycles. The minimum atomic E-state index is 0.393. The number of nitrogens with zero attached hydrogens (tertiary/aromatic N) is 1. The number of halogens is 1. The van der Waals surface area contributed by atoms with E-state index >= 15 is 0 Å². The highest BCUT2D eigenvalue weighted by Gasteiger charge is 2.25. The van der Waals surface area contributed by atoms with Crippen molar-refractivity contribution in [1.29, 1.82) is 0 Å². The molecule has 1 aliphatic rings. The number of hydrogen-bond acceptors (Lipinski definition) is 3. The van der Waals surface area contributed by atoms with Gasteiger partial charge in [-0.15, -0.1) is 11.3 Å². The largest absolute Gasteiger partial charge is 0.307 e. The molecular weight excluding hydrogens is 288 g/mol. The van der Waals surface area contributed by atoms with Crippen LogP contribution in [-0.2, 0) is 0 Å². The maximum Gasteiger partial charge on any atom is 0.0931 e. The van der Waals surface area contributed by atoms with Crippen molar-refractivity contribution in [3.05, 3.63) is 21.3 Å². The Kier molecular flexibility index (Phi) is 6.34. The van der Waals surface area contributed by atoms with Gasteiger partial charge in [0.1, 0.15) is 0 Å². The smallest absolute Gasteiger partial charge is 0.0931 e. The molecule has 2 nitrogen and oxygen atoms in total. The van der Waals surface area contributed by atoms with Gasteiger partial charge in [-0.25, -0.2) is 0 Å². The van der Waals surface area contributed by atoms with Gasteiger partial charge in [-0.2, -0.15) is 0 Å². The molecule has 1 saturated heterocycles. The number of rotatable bonds is 6. The fourth-order valence-corrected chi connectivity index (χ4v) is 4.26. The summed E-state index contributed by atoms with van der Waals surface area (Å²) in [5.74, 6) is 0.771. The molecule has 1 aromatic heterocycles. The quantitative estimate of drug-likeness (QED) is 0.828. The lowest BCUT2D eigenvalue weighted by molar-refractivity contribution is 0.147. The lowest BCUT2D eigenvalue weighted by Gasteiger charge is -2.37. The molecule has 4 heteroatoms. The zero-order chi connectivity index (χ0) is 14.5. The maximum atomic E-state index is 6.03. The van der Waals surface area contributed by atoms with Gasteiger partial charge in [-0.05, 0) is 64.3 Å². The zero-order valence-corrected chi connectivity index (χ0v) is 14.4. The van der Waals surface area contributed by atoms with Crippen LogP contribution < -0.4 is 5.32 Å². The van der Waals surface area contributed by atoms with E-state index in [1.54, 1.807) is 11.3 Å². The van der Waals surface area contributed by atoms with Crippen LogP contribution in [0.2, 0.25) is 4.34 Å². The third kappa shape index (κ3) is 4.45. The summed E-state index contributed by atoms with van der Waals surface area (Å²) in [6, 6.07) is 5.09. The first-order valence-corrected chi connectivity index (χ1v) is 9.03. The Labute approximate surface area is 132 Å². The second-order valence-corrected chi connectivity index (χ2v) is 7.77. The minimum Gasteiger partial charge on any atom is -0.307 e. The molecule has 1 aliphatic heterocycles. The van der Waals surface area contributed by atoms with Crippen molar-refractivity contribution in [2.24, 2.45) is 5.92 Å². The molecule has 0 amide bonds. The molecule has 0 spiro atoms. The summed E-state index contributed by atoms with van der Waals surface area (Å²) in [4.78, 5) is 3.96. The van der Waals surface area contributed by atoms with Gasteiger partial charge in [0.15, 0.2) is 0 Å². The van der Waals surface area contributed by atoms with Gasteiger partial charge in [-0.3, -0.25) is 0 Å². The van der Waals surface area contributed by atoms with Gasteiger partial charge in [0.25, 0.3) is 0 Å². The van der Waals surface area contributed by atoms with Gasteiger partial charge in [0, 0.05) is 23.5 Å². The van der Waals surface area contributed by atoms with Gasteiger partial charge in [-0.1, -0.05) is 18.5 Å². The predicted molar refractivity (Wildman–Crippen MR) is 89.8 cm³/mol. The summed E-state index contributed by atoms with van der Waals surface area (Å²) >= 11 is 7.71. The van der Waals surface area contributed by atoms with E-state index in [4.69, 9.17) is 11.6 Å². The van der Waals surface area contributed by atoms with E-state index in [-0.39, 0.29) is 0 Å². The van der Waals surface area contributed by atoms with Gasteiger partial charge < -0.3 is 10.2 Å². The Morgan fingerprint density at radius 3 is 2.90 bits per heavy atom. The average molecular weight is 315 g/mol. The summed E-state index contributed by atoms with van der Waals surface area (Å²) < 4.78 is 0.882. The van der Waals surface area contributed by atoms with Crippen molar-refractivity contribution >= 4 is 22.9 Å². The third-order valence-electron chi connectivity index (χ3n) is 4.32. The second kappa shape index (κ2) is 7.79. The van der Waals surface area contributed by atoms with Crippen molar-refractivity contribution in [3.63, 3.8) is 0 Å². The summed E-state index contributed by atoms with van der Waals surface area (Å²) in [6.45, 7) is 10.6. The average Bonchev–Trinajstić information content (AvgIpc) is 2.86. The Morgan fingerprint density at radius 1 is 1.45 bits per heavy atom. The first kappa shape index (κ1) is 16.3. The van der Waals surface area contributed by atoms with Crippen LogP contribution in [0, 0.1) is 5.92 Å². The van der Waals surface area contributed by atoms with Crippen LogP contribution in [0.3, 0.4) is 0 Å². The topological polar surface area (TPSA) is 15.3 Å². The van der Waals surface area contributed by atoms with Crippen LogP contribution in [0.15, 0.2) is 12.1 Å². The Balaban J connectivity index is 1.85. The van der Waals surface area contributed by atoms with E-state index in [1.807, 2.05) is 6.07 Å². The van der Waals surface area contributed by atoms with E-state index < -0.39 is 0 Å². The normalized spacial score (nSPS) is 23.7. The molecule has 2 rings (SSSR count). The summed E-state index contributed by atoms with van der Waals surface area (Å²) in [5.41, 5.74) is 0. The molecule has 1 fully saturated rings. The lowest BCUT2D eigenvalue weighted by atomic mass is 9.91. The monoisotopic (exact) mass is 314 g/mol. The molecule has 3 atom stereocenters. The molecule has 3 unspecified atom stereocenters. The third-order valence-corrected chi connectivity index (χ3v) is 5.74. The predicted octanol–water partition coefficient (Wildman–Crippen LogP) is 4.56. The number of nitrogens with one attached hydrogen (secondary N) is 1. The molecule has 0 saturated carbocycles. The molecule has 2 heterocycles. The van der Waals surface area contributed by atoms with Crippen LogP contribution in [-0.4, -0.2) is 30.6 Å². The number of likely N-dealkylation sites (tertiary alicyclic amines) is 1. The van der Waals surface area contributed by atoms with E-state index in [9.17, 15) is 0 Å². The molecule has 0 bridgehead atoms. The molecule has 114 valence electrons. The van der Waals surface area contributed by atoms with Crippen LogP contribution in [0.25, 0.3) is 0 Å². The second-order valence-electron chi connectivity index (χ2n) is 6.02. The molecule has 0 radical (unpaired) electrons. The van der Waals surface area contributed by atoms with Crippen molar-refractivity contribution < 1.29 is 0 Å². The highest BCUT2D eigenvalue weighted by molar-refractivity contribution is 7.16. The summed E-state index contributed by atoms with van der Waals surface area (Å²) in [5, 5.41) is 3.77. The maximum absolute atomic E-state index is 6.03. The SMILES string of the molecule is CCCN1CCCC(C(C)NC(C)c2ccc(Cl)s2)C1. The first-order valence-electron chi connectivity index (χ1n) is 7.83. The molecule has 0 aliphatic carbocycles. The van der Waals surface area contributed by atoms with E-state index in [0.717, 1.165) is 10.3 Å². The van der Waals surface area contributed by atoms with Crippen LogP contribution in [0.4, 0.5) is 0 Å². The highest BCUT2D eigenvalue weighted by Crippen LogP contribution is 2.28. The van der Waals surface area contributed by atoms with Crippen LogP contribution in [0.5, 0.6) is 0 Å². The van der Waals surface area contributed by atoms with Crippen molar-refractivity contribution in [2.45, 2.75) is 52.1 Å². The summed E-state index contributed by atoms with van der Waals surface area (Å²) in [6.07, 6.45) is 3.96. The van der Waals surface area contributed by atoms with Crippen molar-refractivity contribution in [1.82, 2.24) is 10.2 Å².